The Labute approximate surface area is 147 Å². The van der Waals surface area contributed by atoms with Crippen LogP contribution in [0.1, 0.15) is 10.4 Å². The van der Waals surface area contributed by atoms with Crippen molar-refractivity contribution in [2.75, 3.05) is 33.8 Å². The number of methoxy groups -OCH3 is 4. The van der Waals surface area contributed by atoms with Crippen molar-refractivity contribution in [3.63, 3.8) is 0 Å². The smallest absolute Gasteiger partial charge is 0.187 e. The molecule has 132 valence electrons. The van der Waals surface area contributed by atoms with Gasteiger partial charge in [-0.3, -0.25) is 4.79 Å². The highest BCUT2D eigenvalue weighted by atomic mass is 16.5. The SMILES string of the molecule is COc1ccc(OC)c(NC=CC(=O)c2ccc(OC)c(OC)c2)c1. The van der Waals surface area contributed by atoms with Gasteiger partial charge in [0.25, 0.3) is 0 Å². The fourth-order valence-electron chi connectivity index (χ4n) is 2.22. The minimum absolute atomic E-state index is 0.171. The van der Waals surface area contributed by atoms with E-state index in [2.05, 4.69) is 5.32 Å². The number of hydrogen-bond acceptors (Lipinski definition) is 6. The molecular weight excluding hydrogens is 322 g/mol. The molecule has 2 rings (SSSR count). The lowest BCUT2D eigenvalue weighted by Gasteiger charge is -2.10. The lowest BCUT2D eigenvalue weighted by Crippen LogP contribution is -1.99. The van der Waals surface area contributed by atoms with Crippen molar-refractivity contribution >= 4 is 11.5 Å². The Morgan fingerprint density at radius 2 is 1.52 bits per heavy atom. The van der Waals surface area contributed by atoms with Gasteiger partial charge in [0.15, 0.2) is 17.3 Å². The van der Waals surface area contributed by atoms with E-state index in [0.717, 1.165) is 0 Å². The molecule has 25 heavy (non-hydrogen) atoms. The summed E-state index contributed by atoms with van der Waals surface area (Å²) < 4.78 is 20.8. The van der Waals surface area contributed by atoms with Gasteiger partial charge in [0.05, 0.1) is 34.1 Å². The van der Waals surface area contributed by atoms with E-state index in [9.17, 15) is 4.79 Å². The zero-order valence-corrected chi connectivity index (χ0v) is 14.7. The summed E-state index contributed by atoms with van der Waals surface area (Å²) in [6.45, 7) is 0. The van der Waals surface area contributed by atoms with E-state index in [4.69, 9.17) is 18.9 Å². The van der Waals surface area contributed by atoms with E-state index in [0.29, 0.717) is 34.2 Å². The Balaban J connectivity index is 2.13. The van der Waals surface area contributed by atoms with E-state index in [1.165, 1.54) is 13.2 Å². The van der Waals surface area contributed by atoms with Crippen molar-refractivity contribution in [3.8, 4) is 23.0 Å². The molecule has 0 amide bonds. The zero-order valence-electron chi connectivity index (χ0n) is 14.7. The Bertz CT molecular complexity index is 770. The minimum atomic E-state index is -0.171. The fraction of sp³-hybridized carbons (Fsp3) is 0.211. The molecule has 2 aromatic rings. The number of benzene rings is 2. The average molecular weight is 343 g/mol. The first-order valence-corrected chi connectivity index (χ1v) is 7.54. The third kappa shape index (κ3) is 4.44. The molecule has 0 aliphatic carbocycles. The summed E-state index contributed by atoms with van der Waals surface area (Å²) in [7, 11) is 6.23. The van der Waals surface area contributed by atoms with Gasteiger partial charge in [-0.1, -0.05) is 0 Å². The van der Waals surface area contributed by atoms with Crippen LogP contribution in [0.4, 0.5) is 5.69 Å². The molecule has 1 N–H and O–H groups in total. The van der Waals surface area contributed by atoms with E-state index >= 15 is 0 Å². The summed E-state index contributed by atoms with van der Waals surface area (Å²) in [5, 5.41) is 3.03. The van der Waals surface area contributed by atoms with Crippen LogP contribution in [0.2, 0.25) is 0 Å². The van der Waals surface area contributed by atoms with Crippen molar-refractivity contribution in [2.45, 2.75) is 0 Å². The van der Waals surface area contributed by atoms with E-state index in [1.54, 1.807) is 63.9 Å². The number of nitrogens with one attached hydrogen (secondary N) is 1. The minimum Gasteiger partial charge on any atom is -0.497 e. The standard InChI is InChI=1S/C19H21NO5/c1-22-14-6-8-17(23-2)15(12-14)20-10-9-16(21)13-5-7-18(24-3)19(11-13)25-4/h5-12,20H,1-4H3. The lowest BCUT2D eigenvalue weighted by molar-refractivity contribution is 0.104. The number of carbonyl (C=O) groups is 1. The second kappa shape index (κ2) is 8.63. The molecule has 0 aromatic heterocycles. The number of ether oxygens (including phenoxy) is 4. The number of rotatable bonds is 8. The Kier molecular flexibility index (Phi) is 6.28. The lowest BCUT2D eigenvalue weighted by atomic mass is 10.1. The largest absolute Gasteiger partial charge is 0.497 e. The second-order valence-corrected chi connectivity index (χ2v) is 4.98. The molecule has 0 saturated carbocycles. The molecule has 6 nitrogen and oxygen atoms in total. The molecule has 2 aromatic carbocycles. The van der Waals surface area contributed by atoms with Crippen LogP contribution in [0.5, 0.6) is 23.0 Å². The highest BCUT2D eigenvalue weighted by Crippen LogP contribution is 2.29. The zero-order chi connectivity index (χ0) is 18.2. The molecule has 0 fully saturated rings. The topological polar surface area (TPSA) is 66.0 Å². The first kappa shape index (κ1) is 18.2. The molecule has 0 heterocycles. The summed E-state index contributed by atoms with van der Waals surface area (Å²) in [5.41, 5.74) is 1.19. The Morgan fingerprint density at radius 3 is 2.16 bits per heavy atom. The van der Waals surface area contributed by atoms with Crippen LogP contribution in [0.3, 0.4) is 0 Å². The third-order valence-electron chi connectivity index (χ3n) is 3.55. The molecule has 0 radical (unpaired) electrons. The number of allylic oxidation sites excluding steroid dienone is 1. The van der Waals surface area contributed by atoms with Crippen LogP contribution < -0.4 is 24.3 Å². The number of anilines is 1. The predicted octanol–water partition coefficient (Wildman–Crippen LogP) is 3.53. The molecule has 0 aliphatic heterocycles. The highest BCUT2D eigenvalue weighted by molar-refractivity contribution is 6.05. The van der Waals surface area contributed by atoms with Crippen molar-refractivity contribution < 1.29 is 23.7 Å². The quantitative estimate of drug-likeness (QED) is 0.584. The maximum Gasteiger partial charge on any atom is 0.187 e. The first-order chi connectivity index (χ1) is 12.1. The van der Waals surface area contributed by atoms with Gasteiger partial charge in [0.2, 0.25) is 0 Å². The van der Waals surface area contributed by atoms with E-state index in [1.807, 2.05) is 0 Å². The van der Waals surface area contributed by atoms with E-state index in [-0.39, 0.29) is 5.78 Å². The van der Waals surface area contributed by atoms with Gasteiger partial charge in [0, 0.05) is 23.9 Å². The number of carbonyl (C=O) groups excluding carboxylic acids is 1. The highest BCUT2D eigenvalue weighted by Gasteiger charge is 2.09. The van der Waals surface area contributed by atoms with Crippen molar-refractivity contribution in [1.82, 2.24) is 0 Å². The van der Waals surface area contributed by atoms with Crippen LogP contribution in [0.15, 0.2) is 48.7 Å². The second-order valence-electron chi connectivity index (χ2n) is 4.98. The molecule has 6 heteroatoms. The molecule has 0 unspecified atom stereocenters. The molecule has 0 atom stereocenters. The normalized spacial score (nSPS) is 10.4. The van der Waals surface area contributed by atoms with Crippen LogP contribution in [-0.2, 0) is 0 Å². The summed E-state index contributed by atoms with van der Waals surface area (Å²) in [6.07, 6.45) is 2.98. The Morgan fingerprint density at radius 1 is 0.840 bits per heavy atom. The summed E-state index contributed by atoms with van der Waals surface area (Å²) in [4.78, 5) is 12.3. The first-order valence-electron chi connectivity index (χ1n) is 7.54. The van der Waals surface area contributed by atoms with E-state index < -0.39 is 0 Å². The van der Waals surface area contributed by atoms with Crippen LogP contribution in [-0.4, -0.2) is 34.2 Å². The molecule has 0 aliphatic rings. The monoisotopic (exact) mass is 343 g/mol. The van der Waals surface area contributed by atoms with Gasteiger partial charge in [-0.15, -0.1) is 0 Å². The molecular formula is C19H21NO5. The van der Waals surface area contributed by atoms with Crippen LogP contribution in [0, 0.1) is 0 Å². The maximum absolute atomic E-state index is 12.3. The van der Waals surface area contributed by atoms with Crippen molar-refractivity contribution in [3.05, 3.63) is 54.2 Å². The van der Waals surface area contributed by atoms with Gasteiger partial charge in [0.1, 0.15) is 11.5 Å². The van der Waals surface area contributed by atoms with Gasteiger partial charge < -0.3 is 24.3 Å². The van der Waals surface area contributed by atoms with Crippen LogP contribution in [0.25, 0.3) is 0 Å². The van der Waals surface area contributed by atoms with Crippen molar-refractivity contribution in [1.29, 1.82) is 0 Å². The Hall–Kier alpha value is -3.15. The third-order valence-corrected chi connectivity index (χ3v) is 3.55. The summed E-state index contributed by atoms with van der Waals surface area (Å²) in [5.74, 6) is 2.23. The van der Waals surface area contributed by atoms with Gasteiger partial charge in [-0.05, 0) is 30.3 Å². The number of ketones is 1. The molecule has 0 saturated heterocycles. The van der Waals surface area contributed by atoms with Crippen molar-refractivity contribution in [2.24, 2.45) is 0 Å². The fourth-order valence-corrected chi connectivity index (χ4v) is 2.22. The maximum atomic E-state index is 12.3. The summed E-state index contributed by atoms with van der Waals surface area (Å²) in [6, 6.07) is 10.4. The average Bonchev–Trinajstić information content (AvgIpc) is 2.67. The molecule has 0 spiro atoms. The molecule has 0 bridgehead atoms. The van der Waals surface area contributed by atoms with Gasteiger partial charge in [-0.25, -0.2) is 0 Å². The summed E-state index contributed by atoms with van der Waals surface area (Å²) >= 11 is 0. The van der Waals surface area contributed by atoms with Crippen LogP contribution >= 0.6 is 0 Å². The predicted molar refractivity (Wildman–Crippen MR) is 96.2 cm³/mol. The number of hydrogen-bond donors (Lipinski definition) is 1. The van der Waals surface area contributed by atoms with Gasteiger partial charge >= 0.3 is 0 Å². The van der Waals surface area contributed by atoms with Gasteiger partial charge in [-0.2, -0.15) is 0 Å².